The molecular weight excluding hydrogens is 250 g/mol. The number of rotatable bonds is 5. The van der Waals surface area contributed by atoms with Crippen LogP contribution in [0.4, 0.5) is 0 Å². The zero-order valence-electron chi connectivity index (χ0n) is 12.1. The molecule has 0 spiro atoms. The molecule has 3 rings (SSSR count). The van der Waals surface area contributed by atoms with E-state index in [1.807, 2.05) is 24.3 Å². The highest BCUT2D eigenvalue weighted by atomic mass is 16.5. The molecule has 1 N–H and O–H groups in total. The van der Waals surface area contributed by atoms with Crippen molar-refractivity contribution in [3.05, 3.63) is 29.8 Å². The van der Waals surface area contributed by atoms with Crippen LogP contribution in [-0.4, -0.2) is 19.1 Å². The largest absolute Gasteiger partial charge is 0.492 e. The average molecular weight is 273 g/mol. The topological polar surface area (TPSA) is 38.3 Å². The van der Waals surface area contributed by atoms with E-state index in [-0.39, 0.29) is 11.8 Å². The van der Waals surface area contributed by atoms with Crippen LogP contribution >= 0.6 is 0 Å². The third-order valence-electron chi connectivity index (χ3n) is 4.77. The molecule has 0 aliphatic heterocycles. The second-order valence-corrected chi connectivity index (χ2v) is 6.23. The van der Waals surface area contributed by atoms with Crippen LogP contribution in [0.1, 0.15) is 31.2 Å². The van der Waals surface area contributed by atoms with Gasteiger partial charge < -0.3 is 10.1 Å². The van der Waals surface area contributed by atoms with Gasteiger partial charge in [-0.05, 0) is 50.2 Å². The highest BCUT2D eigenvalue weighted by Gasteiger charge is 2.42. The minimum atomic E-state index is 0.240. The van der Waals surface area contributed by atoms with Crippen LogP contribution in [0.25, 0.3) is 0 Å². The third-order valence-corrected chi connectivity index (χ3v) is 4.77. The number of amides is 1. The van der Waals surface area contributed by atoms with Crippen LogP contribution in [0, 0.1) is 24.7 Å². The maximum atomic E-state index is 12.1. The predicted octanol–water partition coefficient (Wildman–Crippen LogP) is 2.93. The van der Waals surface area contributed by atoms with E-state index in [0.29, 0.717) is 19.1 Å². The summed E-state index contributed by atoms with van der Waals surface area (Å²) in [6, 6.07) is 7.99. The molecule has 3 unspecified atom stereocenters. The van der Waals surface area contributed by atoms with Crippen molar-refractivity contribution < 1.29 is 9.53 Å². The first-order valence-electron chi connectivity index (χ1n) is 7.69. The van der Waals surface area contributed by atoms with E-state index >= 15 is 0 Å². The molecule has 0 aromatic heterocycles. The number of carbonyl (C=O) groups excluding carboxylic acids is 1. The van der Waals surface area contributed by atoms with E-state index in [0.717, 1.165) is 18.1 Å². The number of nitrogens with one attached hydrogen (secondary N) is 1. The Morgan fingerprint density at radius 2 is 2.05 bits per heavy atom. The molecule has 3 nitrogen and oxygen atoms in total. The molecule has 2 saturated carbocycles. The Hall–Kier alpha value is -1.51. The second-order valence-electron chi connectivity index (χ2n) is 6.23. The average Bonchev–Trinajstić information content (AvgIpc) is 3.08. The van der Waals surface area contributed by atoms with E-state index in [4.69, 9.17) is 4.74 Å². The number of fused-ring (bicyclic) bond motifs is 2. The molecule has 108 valence electrons. The maximum absolute atomic E-state index is 12.1. The standard InChI is InChI=1S/C17H23NO2/c1-12-2-6-15(7-3-12)20-9-8-18-17(19)16-11-13-4-5-14(16)10-13/h2-3,6-7,13-14,16H,4-5,8-11H2,1H3,(H,18,19). The summed E-state index contributed by atoms with van der Waals surface area (Å²) in [4.78, 5) is 12.1. The molecule has 0 heterocycles. The van der Waals surface area contributed by atoms with Crippen molar-refractivity contribution in [3.63, 3.8) is 0 Å². The van der Waals surface area contributed by atoms with Crippen molar-refractivity contribution >= 4 is 5.91 Å². The summed E-state index contributed by atoms with van der Waals surface area (Å²) in [7, 11) is 0. The summed E-state index contributed by atoms with van der Waals surface area (Å²) in [5.74, 6) is 2.85. The van der Waals surface area contributed by atoms with Gasteiger partial charge in [-0.15, -0.1) is 0 Å². The Morgan fingerprint density at radius 1 is 1.25 bits per heavy atom. The van der Waals surface area contributed by atoms with Gasteiger partial charge in [0, 0.05) is 5.92 Å². The summed E-state index contributed by atoms with van der Waals surface area (Å²) in [6.45, 7) is 3.19. The summed E-state index contributed by atoms with van der Waals surface area (Å²) >= 11 is 0. The fourth-order valence-electron chi connectivity index (χ4n) is 3.67. The van der Waals surface area contributed by atoms with Gasteiger partial charge in [-0.1, -0.05) is 24.1 Å². The van der Waals surface area contributed by atoms with Crippen LogP contribution < -0.4 is 10.1 Å². The molecule has 2 bridgehead atoms. The Bertz CT molecular complexity index is 468. The first kappa shape index (κ1) is 13.5. The fraction of sp³-hybridized carbons (Fsp3) is 0.588. The Labute approximate surface area is 120 Å². The Kier molecular flexibility index (Phi) is 3.95. The molecular formula is C17H23NO2. The first-order chi connectivity index (χ1) is 9.72. The molecule has 1 aromatic carbocycles. The van der Waals surface area contributed by atoms with Gasteiger partial charge in [-0.3, -0.25) is 4.79 Å². The molecule has 3 atom stereocenters. The monoisotopic (exact) mass is 273 g/mol. The normalized spacial score (nSPS) is 27.6. The van der Waals surface area contributed by atoms with Crippen LogP contribution in [0.5, 0.6) is 5.75 Å². The molecule has 3 heteroatoms. The number of aryl methyl sites for hydroxylation is 1. The highest BCUT2D eigenvalue weighted by molar-refractivity contribution is 5.79. The van der Waals surface area contributed by atoms with E-state index in [1.165, 1.54) is 24.8 Å². The quantitative estimate of drug-likeness (QED) is 0.838. The summed E-state index contributed by atoms with van der Waals surface area (Å²) in [6.07, 6.45) is 4.97. The first-order valence-corrected chi connectivity index (χ1v) is 7.69. The van der Waals surface area contributed by atoms with E-state index < -0.39 is 0 Å². The van der Waals surface area contributed by atoms with E-state index in [2.05, 4.69) is 12.2 Å². The molecule has 1 amide bonds. The van der Waals surface area contributed by atoms with Crippen LogP contribution in [-0.2, 0) is 4.79 Å². The second kappa shape index (κ2) is 5.86. The number of hydrogen-bond acceptors (Lipinski definition) is 2. The van der Waals surface area contributed by atoms with Crippen molar-refractivity contribution in [2.45, 2.75) is 32.6 Å². The predicted molar refractivity (Wildman–Crippen MR) is 78.6 cm³/mol. The van der Waals surface area contributed by atoms with Gasteiger partial charge in [-0.25, -0.2) is 0 Å². The summed E-state index contributed by atoms with van der Waals surface area (Å²) in [5, 5.41) is 3.03. The van der Waals surface area contributed by atoms with Crippen molar-refractivity contribution in [3.8, 4) is 5.75 Å². The lowest BCUT2D eigenvalue weighted by Gasteiger charge is -2.20. The molecule has 2 aliphatic rings. The van der Waals surface area contributed by atoms with Crippen LogP contribution in [0.3, 0.4) is 0 Å². The smallest absolute Gasteiger partial charge is 0.223 e. The van der Waals surface area contributed by atoms with Gasteiger partial charge >= 0.3 is 0 Å². The third kappa shape index (κ3) is 2.97. The molecule has 2 aliphatic carbocycles. The summed E-state index contributed by atoms with van der Waals surface area (Å²) < 4.78 is 5.62. The SMILES string of the molecule is Cc1ccc(OCCNC(=O)C2CC3CCC2C3)cc1. The van der Waals surface area contributed by atoms with E-state index in [9.17, 15) is 4.79 Å². The van der Waals surface area contributed by atoms with Crippen LogP contribution in [0.15, 0.2) is 24.3 Å². The number of ether oxygens (including phenoxy) is 1. The van der Waals surface area contributed by atoms with Gasteiger partial charge in [0.25, 0.3) is 0 Å². The van der Waals surface area contributed by atoms with Crippen molar-refractivity contribution in [2.75, 3.05) is 13.2 Å². The zero-order valence-corrected chi connectivity index (χ0v) is 12.1. The van der Waals surface area contributed by atoms with Crippen molar-refractivity contribution in [2.24, 2.45) is 17.8 Å². The van der Waals surface area contributed by atoms with Crippen LogP contribution in [0.2, 0.25) is 0 Å². The molecule has 0 saturated heterocycles. The van der Waals surface area contributed by atoms with Crippen molar-refractivity contribution in [1.29, 1.82) is 0 Å². The van der Waals surface area contributed by atoms with Gasteiger partial charge in [0.15, 0.2) is 0 Å². The molecule has 2 fully saturated rings. The fourth-order valence-corrected chi connectivity index (χ4v) is 3.67. The molecule has 0 radical (unpaired) electrons. The lowest BCUT2D eigenvalue weighted by Crippen LogP contribution is -2.36. The lowest BCUT2D eigenvalue weighted by molar-refractivity contribution is -0.126. The van der Waals surface area contributed by atoms with Gasteiger partial charge in [0.2, 0.25) is 5.91 Å². The van der Waals surface area contributed by atoms with E-state index in [1.54, 1.807) is 0 Å². The van der Waals surface area contributed by atoms with Gasteiger partial charge in [0.1, 0.15) is 12.4 Å². The number of benzene rings is 1. The Balaban J connectivity index is 1.37. The molecule has 20 heavy (non-hydrogen) atoms. The minimum absolute atomic E-state index is 0.240. The Morgan fingerprint density at radius 3 is 2.70 bits per heavy atom. The zero-order chi connectivity index (χ0) is 13.9. The van der Waals surface area contributed by atoms with Gasteiger partial charge in [0.05, 0.1) is 6.54 Å². The van der Waals surface area contributed by atoms with Gasteiger partial charge in [-0.2, -0.15) is 0 Å². The highest BCUT2D eigenvalue weighted by Crippen LogP contribution is 2.48. The summed E-state index contributed by atoms with van der Waals surface area (Å²) in [5.41, 5.74) is 1.22. The van der Waals surface area contributed by atoms with Crippen molar-refractivity contribution in [1.82, 2.24) is 5.32 Å². The number of carbonyl (C=O) groups is 1. The maximum Gasteiger partial charge on any atom is 0.223 e. The minimum Gasteiger partial charge on any atom is -0.492 e. The molecule has 1 aromatic rings. The number of hydrogen-bond donors (Lipinski definition) is 1. The lowest BCUT2D eigenvalue weighted by atomic mass is 9.88.